The highest BCUT2D eigenvalue weighted by Crippen LogP contribution is 2.26. The summed E-state index contributed by atoms with van der Waals surface area (Å²) in [6.45, 7) is 4.63. The first-order valence-electron chi connectivity index (χ1n) is 5.67. The van der Waals surface area contributed by atoms with E-state index in [0.29, 0.717) is 6.54 Å². The molecule has 0 saturated carbocycles. The van der Waals surface area contributed by atoms with Gasteiger partial charge in [-0.05, 0) is 42.3 Å². The van der Waals surface area contributed by atoms with Gasteiger partial charge in [0.1, 0.15) is 11.9 Å². The topological polar surface area (TPSA) is 35.2 Å². The van der Waals surface area contributed by atoms with Crippen LogP contribution in [0, 0.1) is 13.8 Å². The van der Waals surface area contributed by atoms with E-state index < -0.39 is 0 Å². The van der Waals surface area contributed by atoms with Gasteiger partial charge in [0, 0.05) is 12.1 Å². The molecule has 1 atom stereocenters. The molecule has 0 radical (unpaired) electrons. The Hall–Kier alpha value is -1.32. The molecule has 0 spiro atoms. The first-order chi connectivity index (χ1) is 8.20. The molecule has 1 aromatic heterocycles. The molecule has 0 aliphatic carbocycles. The van der Waals surface area contributed by atoms with Crippen molar-refractivity contribution in [3.63, 3.8) is 0 Å². The number of ether oxygens (including phenoxy) is 1. The zero-order valence-corrected chi connectivity index (χ0v) is 11.0. The van der Waals surface area contributed by atoms with Crippen LogP contribution in [0.15, 0.2) is 35.0 Å². The monoisotopic (exact) mass is 247 g/mol. The highest BCUT2D eigenvalue weighted by molar-refractivity contribution is 7.07. The number of hydrogen-bond acceptors (Lipinski definition) is 3. The van der Waals surface area contributed by atoms with Crippen LogP contribution < -0.4 is 10.5 Å². The fourth-order valence-corrected chi connectivity index (χ4v) is 2.50. The van der Waals surface area contributed by atoms with Crippen molar-refractivity contribution >= 4 is 11.3 Å². The molecule has 17 heavy (non-hydrogen) atoms. The second kappa shape index (κ2) is 5.34. The maximum absolute atomic E-state index is 5.98. The minimum Gasteiger partial charge on any atom is -0.484 e. The third-order valence-corrected chi connectivity index (χ3v) is 3.43. The fourth-order valence-electron chi connectivity index (χ4n) is 1.80. The van der Waals surface area contributed by atoms with Crippen LogP contribution in [0.25, 0.3) is 0 Å². The quantitative estimate of drug-likeness (QED) is 0.898. The van der Waals surface area contributed by atoms with Crippen LogP contribution in [0.2, 0.25) is 0 Å². The molecule has 1 aromatic carbocycles. The van der Waals surface area contributed by atoms with E-state index in [1.54, 1.807) is 11.3 Å². The Kier molecular flexibility index (Phi) is 3.82. The first-order valence-corrected chi connectivity index (χ1v) is 6.61. The number of benzene rings is 1. The number of nitrogens with two attached hydrogens (primary N) is 1. The molecule has 0 fully saturated rings. The van der Waals surface area contributed by atoms with Gasteiger partial charge in [-0.3, -0.25) is 0 Å². The Morgan fingerprint density at radius 2 is 2.12 bits per heavy atom. The van der Waals surface area contributed by atoms with E-state index in [0.717, 1.165) is 16.9 Å². The average molecular weight is 247 g/mol. The summed E-state index contributed by atoms with van der Waals surface area (Å²) in [6, 6.07) is 8.26. The lowest BCUT2D eigenvalue weighted by Crippen LogP contribution is -2.18. The van der Waals surface area contributed by atoms with E-state index in [1.165, 1.54) is 5.56 Å². The van der Waals surface area contributed by atoms with Crippen molar-refractivity contribution in [2.75, 3.05) is 6.54 Å². The third kappa shape index (κ3) is 2.87. The van der Waals surface area contributed by atoms with Crippen molar-refractivity contribution in [1.82, 2.24) is 0 Å². The van der Waals surface area contributed by atoms with Gasteiger partial charge in [-0.2, -0.15) is 11.3 Å². The number of aryl methyl sites for hydroxylation is 2. The maximum atomic E-state index is 5.98. The van der Waals surface area contributed by atoms with Crippen LogP contribution in [0.4, 0.5) is 0 Å². The minimum atomic E-state index is -0.0531. The molecule has 3 heteroatoms. The summed E-state index contributed by atoms with van der Waals surface area (Å²) < 4.78 is 5.98. The molecule has 0 saturated heterocycles. The van der Waals surface area contributed by atoms with Crippen molar-refractivity contribution in [3.05, 3.63) is 51.7 Å². The molecule has 90 valence electrons. The Labute approximate surface area is 106 Å². The summed E-state index contributed by atoms with van der Waals surface area (Å²) in [4.78, 5) is 0. The van der Waals surface area contributed by atoms with E-state index >= 15 is 0 Å². The molecule has 0 bridgehead atoms. The van der Waals surface area contributed by atoms with Crippen LogP contribution in [0.3, 0.4) is 0 Å². The molecule has 2 rings (SSSR count). The van der Waals surface area contributed by atoms with Crippen molar-refractivity contribution in [2.24, 2.45) is 5.73 Å². The minimum absolute atomic E-state index is 0.0531. The van der Waals surface area contributed by atoms with Gasteiger partial charge in [0.2, 0.25) is 0 Å². The van der Waals surface area contributed by atoms with Crippen molar-refractivity contribution in [3.8, 4) is 5.75 Å². The lowest BCUT2D eigenvalue weighted by Gasteiger charge is -2.18. The largest absolute Gasteiger partial charge is 0.484 e. The summed E-state index contributed by atoms with van der Waals surface area (Å²) in [5.41, 5.74) is 9.32. The summed E-state index contributed by atoms with van der Waals surface area (Å²) in [5.74, 6) is 0.914. The van der Waals surface area contributed by atoms with Gasteiger partial charge in [0.15, 0.2) is 0 Å². The van der Waals surface area contributed by atoms with Gasteiger partial charge in [-0.25, -0.2) is 0 Å². The zero-order chi connectivity index (χ0) is 12.3. The predicted molar refractivity (Wildman–Crippen MR) is 72.7 cm³/mol. The lowest BCUT2D eigenvalue weighted by molar-refractivity contribution is 0.213. The molecule has 1 heterocycles. The molecular formula is C14H17NOS. The number of hydrogen-bond donors (Lipinski definition) is 1. The van der Waals surface area contributed by atoms with Gasteiger partial charge in [-0.15, -0.1) is 0 Å². The highest BCUT2D eigenvalue weighted by Gasteiger charge is 2.12. The fraction of sp³-hybridized carbons (Fsp3) is 0.286. The normalized spacial score (nSPS) is 12.4. The average Bonchev–Trinajstić information content (AvgIpc) is 2.81. The van der Waals surface area contributed by atoms with Crippen LogP contribution >= 0.6 is 11.3 Å². The molecule has 1 unspecified atom stereocenters. The summed E-state index contributed by atoms with van der Waals surface area (Å²) in [6.07, 6.45) is -0.0531. The van der Waals surface area contributed by atoms with Gasteiger partial charge in [-0.1, -0.05) is 17.7 Å². The van der Waals surface area contributed by atoms with Gasteiger partial charge < -0.3 is 10.5 Å². The SMILES string of the molecule is Cc1ccc(OC(CN)c2ccsc2)c(C)c1. The van der Waals surface area contributed by atoms with Crippen molar-refractivity contribution in [1.29, 1.82) is 0 Å². The number of rotatable bonds is 4. The first kappa shape index (κ1) is 12.1. The Balaban J connectivity index is 2.19. The van der Waals surface area contributed by atoms with E-state index in [1.807, 2.05) is 11.4 Å². The van der Waals surface area contributed by atoms with E-state index in [9.17, 15) is 0 Å². The van der Waals surface area contributed by atoms with Crippen LogP contribution in [-0.4, -0.2) is 6.54 Å². The summed E-state index contributed by atoms with van der Waals surface area (Å²) in [5, 5.41) is 4.13. The number of thiophene rings is 1. The highest BCUT2D eigenvalue weighted by atomic mass is 32.1. The zero-order valence-electron chi connectivity index (χ0n) is 10.1. The smallest absolute Gasteiger partial charge is 0.137 e. The molecule has 0 aliphatic rings. The second-order valence-electron chi connectivity index (χ2n) is 4.17. The van der Waals surface area contributed by atoms with Crippen molar-refractivity contribution < 1.29 is 4.74 Å². The molecule has 2 nitrogen and oxygen atoms in total. The lowest BCUT2D eigenvalue weighted by atomic mass is 10.1. The second-order valence-corrected chi connectivity index (χ2v) is 4.95. The molecule has 2 N–H and O–H groups in total. The Bertz CT molecular complexity index is 479. The van der Waals surface area contributed by atoms with Crippen LogP contribution in [-0.2, 0) is 0 Å². The predicted octanol–water partition coefficient (Wildman–Crippen LogP) is 3.44. The van der Waals surface area contributed by atoms with Gasteiger partial charge in [0.05, 0.1) is 0 Å². The molecule has 0 amide bonds. The van der Waals surface area contributed by atoms with Crippen molar-refractivity contribution in [2.45, 2.75) is 20.0 Å². The molecule has 0 aliphatic heterocycles. The van der Waals surface area contributed by atoms with E-state index in [2.05, 4.69) is 37.4 Å². The van der Waals surface area contributed by atoms with Gasteiger partial charge in [0.25, 0.3) is 0 Å². The van der Waals surface area contributed by atoms with Gasteiger partial charge >= 0.3 is 0 Å². The van der Waals surface area contributed by atoms with Crippen LogP contribution in [0.1, 0.15) is 22.8 Å². The summed E-state index contributed by atoms with van der Waals surface area (Å²) in [7, 11) is 0. The molecule has 2 aromatic rings. The standard InChI is InChI=1S/C14H17NOS/c1-10-3-4-13(11(2)7-10)16-14(8-15)12-5-6-17-9-12/h3-7,9,14H,8,15H2,1-2H3. The summed E-state index contributed by atoms with van der Waals surface area (Å²) >= 11 is 1.66. The van der Waals surface area contributed by atoms with E-state index in [4.69, 9.17) is 10.5 Å². The third-order valence-electron chi connectivity index (χ3n) is 2.73. The van der Waals surface area contributed by atoms with Crippen LogP contribution in [0.5, 0.6) is 5.75 Å². The maximum Gasteiger partial charge on any atom is 0.137 e. The van der Waals surface area contributed by atoms with E-state index in [-0.39, 0.29) is 6.10 Å². The Morgan fingerprint density at radius 3 is 2.71 bits per heavy atom. The Morgan fingerprint density at radius 1 is 1.29 bits per heavy atom. The molecular weight excluding hydrogens is 230 g/mol.